The van der Waals surface area contributed by atoms with E-state index >= 15 is 0 Å². The number of likely N-dealkylation sites (tertiary alicyclic amines) is 1. The van der Waals surface area contributed by atoms with Crippen LogP contribution in [0.2, 0.25) is 0 Å². The summed E-state index contributed by atoms with van der Waals surface area (Å²) in [7, 11) is 3.94. The van der Waals surface area contributed by atoms with Gasteiger partial charge in [0.15, 0.2) is 0 Å². The minimum atomic E-state index is 0.259. The number of amides is 1. The number of rotatable bonds is 3. The number of hydrogen-bond acceptors (Lipinski definition) is 2. The van der Waals surface area contributed by atoms with Gasteiger partial charge in [-0.05, 0) is 37.6 Å². The van der Waals surface area contributed by atoms with E-state index in [2.05, 4.69) is 5.32 Å². The summed E-state index contributed by atoms with van der Waals surface area (Å²) < 4.78 is 0. The molecule has 0 bridgehead atoms. The van der Waals surface area contributed by atoms with Gasteiger partial charge in [-0.15, -0.1) is 0 Å². The van der Waals surface area contributed by atoms with Crippen LogP contribution >= 0.6 is 0 Å². The van der Waals surface area contributed by atoms with E-state index in [0.29, 0.717) is 5.91 Å². The highest BCUT2D eigenvalue weighted by atomic mass is 16.2. The molecule has 92 valence electrons. The summed E-state index contributed by atoms with van der Waals surface area (Å²) in [4.78, 5) is 13.8. The Hall–Kier alpha value is -0.570. The number of hydrogen-bond donors (Lipinski definition) is 1. The van der Waals surface area contributed by atoms with Crippen LogP contribution in [-0.2, 0) is 4.79 Å². The number of nitrogens with one attached hydrogen (secondary N) is 1. The predicted octanol–water partition coefficient (Wildman–Crippen LogP) is 1.63. The monoisotopic (exact) mass is 224 g/mol. The Morgan fingerprint density at radius 3 is 2.69 bits per heavy atom. The summed E-state index contributed by atoms with van der Waals surface area (Å²) >= 11 is 0. The van der Waals surface area contributed by atoms with Crippen LogP contribution in [-0.4, -0.2) is 38.0 Å². The summed E-state index contributed by atoms with van der Waals surface area (Å²) in [5, 5.41) is 3.32. The Balaban J connectivity index is 2.11. The van der Waals surface area contributed by atoms with E-state index in [4.69, 9.17) is 0 Å². The molecule has 1 saturated heterocycles. The number of nitrogens with zero attached hydrogens (tertiary/aromatic N) is 1. The first-order valence-corrected chi connectivity index (χ1v) is 6.56. The Bertz CT molecular complexity index is 261. The third kappa shape index (κ3) is 2.10. The molecule has 0 radical (unpaired) electrons. The minimum Gasteiger partial charge on any atom is -0.346 e. The molecule has 16 heavy (non-hydrogen) atoms. The van der Waals surface area contributed by atoms with Gasteiger partial charge in [0.05, 0.1) is 0 Å². The first kappa shape index (κ1) is 11.9. The van der Waals surface area contributed by atoms with Crippen LogP contribution in [0.1, 0.15) is 38.5 Å². The Morgan fingerprint density at radius 2 is 2.12 bits per heavy atom. The summed E-state index contributed by atoms with van der Waals surface area (Å²) in [6.45, 7) is 1.95. The van der Waals surface area contributed by atoms with Crippen molar-refractivity contribution in [3.63, 3.8) is 0 Å². The normalized spacial score (nSPS) is 32.4. The lowest BCUT2D eigenvalue weighted by Gasteiger charge is -2.44. The van der Waals surface area contributed by atoms with Crippen molar-refractivity contribution in [1.82, 2.24) is 10.2 Å². The molecule has 0 aromatic heterocycles. The van der Waals surface area contributed by atoms with Gasteiger partial charge in [0, 0.05) is 26.6 Å². The fourth-order valence-corrected chi connectivity index (χ4v) is 3.57. The van der Waals surface area contributed by atoms with Crippen molar-refractivity contribution in [2.24, 2.45) is 11.3 Å². The van der Waals surface area contributed by atoms with Crippen LogP contribution < -0.4 is 5.32 Å². The van der Waals surface area contributed by atoms with Crippen molar-refractivity contribution in [2.75, 3.05) is 27.2 Å². The van der Waals surface area contributed by atoms with Crippen LogP contribution in [0.15, 0.2) is 0 Å². The van der Waals surface area contributed by atoms with E-state index in [0.717, 1.165) is 25.4 Å². The van der Waals surface area contributed by atoms with E-state index in [-0.39, 0.29) is 5.41 Å². The van der Waals surface area contributed by atoms with Gasteiger partial charge in [-0.3, -0.25) is 4.79 Å². The molecule has 2 aliphatic rings. The second kappa shape index (κ2) is 4.74. The molecule has 1 aliphatic carbocycles. The van der Waals surface area contributed by atoms with Crippen molar-refractivity contribution in [3.05, 3.63) is 0 Å². The lowest BCUT2D eigenvalue weighted by Crippen LogP contribution is -2.49. The van der Waals surface area contributed by atoms with Gasteiger partial charge in [0.2, 0.25) is 5.91 Å². The molecule has 1 unspecified atom stereocenters. The van der Waals surface area contributed by atoms with Gasteiger partial charge in [0.1, 0.15) is 0 Å². The van der Waals surface area contributed by atoms with Crippen molar-refractivity contribution in [2.45, 2.75) is 38.5 Å². The third-order valence-electron chi connectivity index (χ3n) is 4.62. The van der Waals surface area contributed by atoms with Gasteiger partial charge in [-0.2, -0.15) is 0 Å². The van der Waals surface area contributed by atoms with E-state index in [1.165, 1.54) is 32.1 Å². The molecular weight excluding hydrogens is 200 g/mol. The molecule has 1 amide bonds. The molecule has 1 N–H and O–H groups in total. The highest BCUT2D eigenvalue weighted by molar-refractivity contribution is 5.77. The van der Waals surface area contributed by atoms with Crippen LogP contribution in [0.25, 0.3) is 0 Å². The molecule has 0 aromatic carbocycles. The zero-order chi connectivity index (χ0) is 11.6. The van der Waals surface area contributed by atoms with Crippen LogP contribution in [0.5, 0.6) is 0 Å². The van der Waals surface area contributed by atoms with E-state index < -0.39 is 0 Å². The summed E-state index contributed by atoms with van der Waals surface area (Å²) in [5.41, 5.74) is 0.259. The van der Waals surface area contributed by atoms with E-state index in [9.17, 15) is 4.79 Å². The Labute approximate surface area is 98.6 Å². The number of carbonyl (C=O) groups is 1. The molecular formula is C13H24N2O. The summed E-state index contributed by atoms with van der Waals surface area (Å²) in [6.07, 6.45) is 7.33. The molecule has 1 heterocycles. The quantitative estimate of drug-likeness (QED) is 0.790. The van der Waals surface area contributed by atoms with E-state index in [1.54, 1.807) is 0 Å². The maximum absolute atomic E-state index is 11.9. The highest BCUT2D eigenvalue weighted by Gasteiger charge is 2.44. The third-order valence-corrected chi connectivity index (χ3v) is 4.62. The molecule has 2 fully saturated rings. The van der Waals surface area contributed by atoms with Gasteiger partial charge >= 0.3 is 0 Å². The Kier molecular flexibility index (Phi) is 3.53. The molecule has 3 nitrogen and oxygen atoms in total. The standard InChI is InChI=1S/C13H24N2O/c1-14-10-13(11-5-3-4-6-11)7-8-15(2)12(16)9-13/h11,14H,3-10H2,1-2H3. The van der Waals surface area contributed by atoms with Crippen molar-refractivity contribution >= 4 is 5.91 Å². The molecule has 2 rings (SSSR count). The Morgan fingerprint density at radius 1 is 1.44 bits per heavy atom. The summed E-state index contributed by atoms with van der Waals surface area (Å²) in [6, 6.07) is 0. The molecule has 0 aromatic rings. The van der Waals surface area contributed by atoms with Gasteiger partial charge in [0.25, 0.3) is 0 Å². The zero-order valence-corrected chi connectivity index (χ0v) is 10.6. The molecule has 1 atom stereocenters. The van der Waals surface area contributed by atoms with Gasteiger partial charge in [-0.25, -0.2) is 0 Å². The lowest BCUT2D eigenvalue weighted by atomic mass is 9.67. The molecule has 1 saturated carbocycles. The number of piperidine rings is 1. The van der Waals surface area contributed by atoms with E-state index in [1.807, 2.05) is 19.0 Å². The average molecular weight is 224 g/mol. The molecule has 3 heteroatoms. The largest absolute Gasteiger partial charge is 0.346 e. The maximum Gasteiger partial charge on any atom is 0.222 e. The van der Waals surface area contributed by atoms with Crippen molar-refractivity contribution in [1.29, 1.82) is 0 Å². The second-order valence-electron chi connectivity index (χ2n) is 5.62. The second-order valence-corrected chi connectivity index (χ2v) is 5.62. The fraction of sp³-hybridized carbons (Fsp3) is 0.923. The van der Waals surface area contributed by atoms with Crippen LogP contribution in [0.4, 0.5) is 0 Å². The van der Waals surface area contributed by atoms with Gasteiger partial charge < -0.3 is 10.2 Å². The zero-order valence-electron chi connectivity index (χ0n) is 10.6. The van der Waals surface area contributed by atoms with Crippen LogP contribution in [0, 0.1) is 11.3 Å². The first-order chi connectivity index (χ1) is 7.68. The number of carbonyl (C=O) groups excluding carboxylic acids is 1. The molecule has 0 spiro atoms. The minimum absolute atomic E-state index is 0.259. The highest BCUT2D eigenvalue weighted by Crippen LogP contribution is 2.46. The first-order valence-electron chi connectivity index (χ1n) is 6.56. The summed E-state index contributed by atoms with van der Waals surface area (Å²) in [5.74, 6) is 1.12. The average Bonchev–Trinajstić information content (AvgIpc) is 2.78. The SMILES string of the molecule is CNCC1(C2CCCC2)CCN(C)C(=O)C1. The fourth-order valence-electron chi connectivity index (χ4n) is 3.57. The smallest absolute Gasteiger partial charge is 0.222 e. The maximum atomic E-state index is 11.9. The van der Waals surface area contributed by atoms with Crippen molar-refractivity contribution in [3.8, 4) is 0 Å². The van der Waals surface area contributed by atoms with Crippen LogP contribution in [0.3, 0.4) is 0 Å². The molecule has 1 aliphatic heterocycles. The topological polar surface area (TPSA) is 32.3 Å². The predicted molar refractivity (Wildman–Crippen MR) is 65.2 cm³/mol. The van der Waals surface area contributed by atoms with Crippen molar-refractivity contribution < 1.29 is 4.79 Å². The lowest BCUT2D eigenvalue weighted by molar-refractivity contribution is -0.138. The van der Waals surface area contributed by atoms with Gasteiger partial charge in [-0.1, -0.05) is 12.8 Å².